The molecule has 0 unspecified atom stereocenters. The molecule has 0 aliphatic heterocycles. The zero-order chi connectivity index (χ0) is 40.6. The van der Waals surface area contributed by atoms with Gasteiger partial charge >= 0.3 is 0 Å². The molecule has 61 heavy (non-hydrogen) atoms. The summed E-state index contributed by atoms with van der Waals surface area (Å²) in [5, 5.41) is 28.9. The number of nitrogens with zero attached hydrogens (tertiary/aromatic N) is 5. The molecule has 0 radical (unpaired) electrons. The van der Waals surface area contributed by atoms with Crippen molar-refractivity contribution >= 4 is 65.4 Å². The molecule has 282 valence electrons. The molecular formula is C56H33N5. The smallest absolute Gasteiger partial charge is 0.104 e. The lowest BCUT2D eigenvalue weighted by Crippen LogP contribution is -2.06. The van der Waals surface area contributed by atoms with Crippen LogP contribution in [0.4, 0.5) is 0 Å². The molecule has 0 saturated carbocycles. The highest BCUT2D eigenvalue weighted by atomic mass is 15.0. The Hall–Kier alpha value is -8.64. The number of fused-ring (bicyclic) bond motifs is 9. The van der Waals surface area contributed by atoms with Crippen molar-refractivity contribution in [2.45, 2.75) is 0 Å². The van der Waals surface area contributed by atoms with E-state index in [1.54, 1.807) is 0 Å². The second kappa shape index (κ2) is 13.5. The van der Waals surface area contributed by atoms with E-state index in [0.717, 1.165) is 93.4 Å². The molecule has 3 aromatic heterocycles. The number of hydrogen-bond donors (Lipinski definition) is 0. The topological polar surface area (TPSA) is 62.4 Å². The van der Waals surface area contributed by atoms with Crippen molar-refractivity contribution in [3.8, 4) is 51.5 Å². The number of hydrogen-bond acceptors (Lipinski definition) is 2. The summed E-state index contributed by atoms with van der Waals surface area (Å²) in [6.07, 6.45) is 0. The van der Waals surface area contributed by atoms with Crippen LogP contribution in [-0.2, 0) is 0 Å². The number of aromatic nitrogens is 3. The van der Waals surface area contributed by atoms with Gasteiger partial charge in [-0.1, -0.05) is 133 Å². The van der Waals surface area contributed by atoms with Gasteiger partial charge in [0.05, 0.1) is 50.0 Å². The Labute approximate surface area is 351 Å². The first kappa shape index (κ1) is 34.4. The molecule has 0 N–H and O–H groups in total. The maximum Gasteiger partial charge on any atom is 0.104 e. The quantitative estimate of drug-likeness (QED) is 0.175. The summed E-state index contributed by atoms with van der Waals surface area (Å²) < 4.78 is 6.71. The van der Waals surface area contributed by atoms with Crippen LogP contribution >= 0.6 is 0 Å². The summed E-state index contributed by atoms with van der Waals surface area (Å²) in [6, 6.07) is 74.7. The van der Waals surface area contributed by atoms with Gasteiger partial charge in [0, 0.05) is 38.0 Å². The minimum atomic E-state index is 0.421. The van der Waals surface area contributed by atoms with Crippen LogP contribution < -0.4 is 0 Å². The van der Waals surface area contributed by atoms with E-state index in [0.29, 0.717) is 22.5 Å². The standard InChI is InChI=1S/C56H33N5/c57-34-39-28-30-51(60-49-25-13-11-22-43(49)45-32-53-44(33-54(45)60)42-21-10-12-24-48(42)59(53)40-19-8-3-9-20-40)47(35-58)56(39)61-50-29-27-38(36-15-4-1-5-16-36)31-46(50)55-41(23-14-26-52(55)61)37-17-6-2-7-18-37/h1-33H. The molecule has 0 amide bonds. The number of benzene rings is 9. The second-order valence-electron chi connectivity index (χ2n) is 15.5. The summed E-state index contributed by atoms with van der Waals surface area (Å²) >= 11 is 0. The van der Waals surface area contributed by atoms with Gasteiger partial charge in [0.2, 0.25) is 0 Å². The molecule has 5 nitrogen and oxygen atoms in total. The van der Waals surface area contributed by atoms with Gasteiger partial charge in [-0.05, 0) is 89.0 Å². The molecule has 12 aromatic rings. The van der Waals surface area contributed by atoms with Crippen molar-refractivity contribution in [3.63, 3.8) is 0 Å². The highest BCUT2D eigenvalue weighted by molar-refractivity contribution is 6.20. The fourth-order valence-electron chi connectivity index (χ4n) is 9.72. The van der Waals surface area contributed by atoms with Crippen molar-refractivity contribution < 1.29 is 0 Å². The Balaban J connectivity index is 1.19. The first-order chi connectivity index (χ1) is 30.2. The van der Waals surface area contributed by atoms with Crippen LogP contribution in [0.1, 0.15) is 11.1 Å². The van der Waals surface area contributed by atoms with Crippen LogP contribution in [0, 0.1) is 22.7 Å². The van der Waals surface area contributed by atoms with Gasteiger partial charge in [-0.15, -0.1) is 0 Å². The van der Waals surface area contributed by atoms with E-state index in [-0.39, 0.29) is 0 Å². The van der Waals surface area contributed by atoms with Crippen LogP contribution in [0.25, 0.3) is 105 Å². The van der Waals surface area contributed by atoms with Crippen LogP contribution in [0.5, 0.6) is 0 Å². The van der Waals surface area contributed by atoms with E-state index < -0.39 is 0 Å². The Morgan fingerprint density at radius 2 is 0.918 bits per heavy atom. The normalized spacial score (nSPS) is 11.6. The average Bonchev–Trinajstić information content (AvgIpc) is 3.96. The average molecular weight is 776 g/mol. The van der Waals surface area contributed by atoms with Gasteiger partial charge in [-0.3, -0.25) is 0 Å². The Kier molecular flexibility index (Phi) is 7.59. The monoisotopic (exact) mass is 775 g/mol. The molecule has 0 aliphatic rings. The highest BCUT2D eigenvalue weighted by Crippen LogP contribution is 2.44. The van der Waals surface area contributed by atoms with E-state index in [9.17, 15) is 10.5 Å². The zero-order valence-electron chi connectivity index (χ0n) is 32.8. The molecule has 0 aliphatic carbocycles. The number of rotatable bonds is 5. The lowest BCUT2D eigenvalue weighted by atomic mass is 9.97. The van der Waals surface area contributed by atoms with E-state index >= 15 is 0 Å². The largest absolute Gasteiger partial charge is 0.309 e. The molecule has 0 atom stereocenters. The van der Waals surface area contributed by atoms with Gasteiger partial charge in [-0.25, -0.2) is 0 Å². The third-order valence-electron chi connectivity index (χ3n) is 12.3. The van der Waals surface area contributed by atoms with Crippen molar-refractivity contribution in [1.82, 2.24) is 13.7 Å². The molecule has 5 heteroatoms. The van der Waals surface area contributed by atoms with Gasteiger partial charge in [0.1, 0.15) is 17.7 Å². The predicted molar refractivity (Wildman–Crippen MR) is 250 cm³/mol. The summed E-state index contributed by atoms with van der Waals surface area (Å²) in [7, 11) is 0. The van der Waals surface area contributed by atoms with Crippen LogP contribution in [-0.4, -0.2) is 13.7 Å². The molecule has 12 rings (SSSR count). The van der Waals surface area contributed by atoms with Crippen LogP contribution in [0.2, 0.25) is 0 Å². The molecule has 0 saturated heterocycles. The number of nitriles is 2. The van der Waals surface area contributed by atoms with Crippen molar-refractivity contribution in [2.75, 3.05) is 0 Å². The Morgan fingerprint density at radius 1 is 0.344 bits per heavy atom. The first-order valence-electron chi connectivity index (χ1n) is 20.4. The van der Waals surface area contributed by atoms with Crippen molar-refractivity contribution in [3.05, 3.63) is 211 Å². The minimum Gasteiger partial charge on any atom is -0.309 e. The van der Waals surface area contributed by atoms with Gasteiger partial charge in [-0.2, -0.15) is 10.5 Å². The maximum absolute atomic E-state index is 11.5. The van der Waals surface area contributed by atoms with E-state index in [1.165, 1.54) is 0 Å². The summed E-state index contributed by atoms with van der Waals surface area (Å²) in [5.41, 5.74) is 13.6. The first-order valence-corrected chi connectivity index (χ1v) is 20.4. The zero-order valence-corrected chi connectivity index (χ0v) is 32.8. The molecule has 9 aromatic carbocycles. The molecule has 3 heterocycles. The number of para-hydroxylation sites is 3. The van der Waals surface area contributed by atoms with Crippen LogP contribution in [0.15, 0.2) is 200 Å². The summed E-state index contributed by atoms with van der Waals surface area (Å²) in [5.74, 6) is 0. The third kappa shape index (κ3) is 5.05. The molecule has 0 fully saturated rings. The SMILES string of the molecule is N#Cc1ccc(-n2c3ccccc3c3cc4c(cc32)c2ccccc2n4-c2ccccc2)c(C#N)c1-n1c2ccc(-c3ccccc3)cc2c2c(-c3ccccc3)cccc21. The van der Waals surface area contributed by atoms with Gasteiger partial charge in [0.15, 0.2) is 0 Å². The molecule has 0 bridgehead atoms. The highest BCUT2D eigenvalue weighted by Gasteiger charge is 2.26. The van der Waals surface area contributed by atoms with E-state index in [1.807, 2.05) is 30.3 Å². The van der Waals surface area contributed by atoms with Gasteiger partial charge < -0.3 is 13.7 Å². The lowest BCUT2D eigenvalue weighted by molar-refractivity contribution is 1.11. The fourth-order valence-corrected chi connectivity index (χ4v) is 9.72. The Morgan fingerprint density at radius 3 is 1.59 bits per heavy atom. The molecular weight excluding hydrogens is 743 g/mol. The minimum absolute atomic E-state index is 0.421. The lowest BCUT2D eigenvalue weighted by Gasteiger charge is -2.17. The van der Waals surface area contributed by atoms with E-state index in [2.05, 4.69) is 196 Å². The molecule has 0 spiro atoms. The van der Waals surface area contributed by atoms with Crippen molar-refractivity contribution in [2.24, 2.45) is 0 Å². The van der Waals surface area contributed by atoms with Gasteiger partial charge in [0.25, 0.3) is 0 Å². The van der Waals surface area contributed by atoms with Crippen LogP contribution in [0.3, 0.4) is 0 Å². The maximum atomic E-state index is 11.5. The van der Waals surface area contributed by atoms with E-state index in [4.69, 9.17) is 0 Å². The second-order valence-corrected chi connectivity index (χ2v) is 15.5. The fraction of sp³-hybridized carbons (Fsp3) is 0. The summed E-state index contributed by atoms with van der Waals surface area (Å²) in [6.45, 7) is 0. The van der Waals surface area contributed by atoms with Crippen molar-refractivity contribution in [1.29, 1.82) is 10.5 Å². The summed E-state index contributed by atoms with van der Waals surface area (Å²) in [4.78, 5) is 0. The third-order valence-corrected chi connectivity index (χ3v) is 12.3. The Bertz CT molecular complexity index is 3820. The predicted octanol–water partition coefficient (Wildman–Crippen LogP) is 14.1.